The van der Waals surface area contributed by atoms with Gasteiger partial charge < -0.3 is 20.4 Å². The molecule has 2 aromatic carbocycles. The number of carbonyl (C=O) groups excluding carboxylic acids is 1. The SMILES string of the molecule is CN(C)Cc1cccc(CNC(=O)NC2CCN(c3ccccc3)CC2)c1. The van der Waals surface area contributed by atoms with Gasteiger partial charge in [-0.2, -0.15) is 0 Å². The van der Waals surface area contributed by atoms with Crippen LogP contribution in [0.25, 0.3) is 0 Å². The van der Waals surface area contributed by atoms with Gasteiger partial charge in [0.2, 0.25) is 0 Å². The third-order valence-electron chi connectivity index (χ3n) is 4.89. The van der Waals surface area contributed by atoms with Crippen LogP contribution in [0, 0.1) is 0 Å². The number of nitrogens with one attached hydrogen (secondary N) is 2. The van der Waals surface area contributed by atoms with E-state index < -0.39 is 0 Å². The number of anilines is 1. The van der Waals surface area contributed by atoms with Crippen molar-refractivity contribution in [3.63, 3.8) is 0 Å². The quantitative estimate of drug-likeness (QED) is 0.825. The third kappa shape index (κ3) is 6.00. The van der Waals surface area contributed by atoms with Crippen molar-refractivity contribution in [2.75, 3.05) is 32.1 Å². The van der Waals surface area contributed by atoms with Gasteiger partial charge in [0.1, 0.15) is 0 Å². The van der Waals surface area contributed by atoms with Crippen LogP contribution in [0.1, 0.15) is 24.0 Å². The van der Waals surface area contributed by atoms with Crippen LogP contribution in [0.5, 0.6) is 0 Å². The number of urea groups is 1. The molecule has 0 unspecified atom stereocenters. The molecular weight excluding hydrogens is 336 g/mol. The van der Waals surface area contributed by atoms with Gasteiger partial charge in [-0.3, -0.25) is 0 Å². The average molecular weight is 367 g/mol. The maximum atomic E-state index is 12.3. The van der Waals surface area contributed by atoms with Crippen LogP contribution in [-0.4, -0.2) is 44.2 Å². The second-order valence-electron chi connectivity index (χ2n) is 7.48. The van der Waals surface area contributed by atoms with Gasteiger partial charge in [-0.15, -0.1) is 0 Å². The lowest BCUT2D eigenvalue weighted by Crippen LogP contribution is -2.47. The number of hydrogen-bond acceptors (Lipinski definition) is 3. The molecule has 1 aliphatic heterocycles. The monoisotopic (exact) mass is 366 g/mol. The Morgan fingerprint density at radius 3 is 2.44 bits per heavy atom. The van der Waals surface area contributed by atoms with Crippen molar-refractivity contribution >= 4 is 11.7 Å². The van der Waals surface area contributed by atoms with Crippen LogP contribution >= 0.6 is 0 Å². The molecule has 2 aromatic rings. The summed E-state index contributed by atoms with van der Waals surface area (Å²) in [5.41, 5.74) is 3.65. The Morgan fingerprint density at radius 1 is 1.04 bits per heavy atom. The second kappa shape index (κ2) is 9.42. The number of carbonyl (C=O) groups is 1. The second-order valence-corrected chi connectivity index (χ2v) is 7.48. The topological polar surface area (TPSA) is 47.6 Å². The summed E-state index contributed by atoms with van der Waals surface area (Å²) in [6, 6.07) is 19.0. The molecule has 1 heterocycles. The van der Waals surface area contributed by atoms with Gasteiger partial charge >= 0.3 is 6.03 Å². The van der Waals surface area contributed by atoms with E-state index in [1.807, 2.05) is 12.1 Å². The van der Waals surface area contributed by atoms with E-state index in [-0.39, 0.29) is 12.1 Å². The molecular formula is C22H30N4O. The first kappa shape index (κ1) is 19.2. The Balaban J connectivity index is 1.41. The summed E-state index contributed by atoms with van der Waals surface area (Å²) < 4.78 is 0. The first-order chi connectivity index (χ1) is 13.1. The third-order valence-corrected chi connectivity index (χ3v) is 4.89. The first-order valence-electron chi connectivity index (χ1n) is 9.67. The molecule has 144 valence electrons. The molecule has 0 spiro atoms. The van der Waals surface area contributed by atoms with Crippen molar-refractivity contribution in [3.8, 4) is 0 Å². The maximum Gasteiger partial charge on any atom is 0.315 e. The number of benzene rings is 2. The zero-order chi connectivity index (χ0) is 19.1. The number of para-hydroxylation sites is 1. The van der Waals surface area contributed by atoms with Crippen LogP contribution in [0.3, 0.4) is 0 Å². The molecule has 0 radical (unpaired) electrons. The summed E-state index contributed by atoms with van der Waals surface area (Å²) >= 11 is 0. The molecule has 0 saturated carbocycles. The zero-order valence-corrected chi connectivity index (χ0v) is 16.3. The summed E-state index contributed by atoms with van der Waals surface area (Å²) in [5, 5.41) is 6.12. The predicted molar refractivity (Wildman–Crippen MR) is 111 cm³/mol. The van der Waals surface area contributed by atoms with Gasteiger partial charge in [0.15, 0.2) is 0 Å². The number of nitrogens with zero attached hydrogens (tertiary/aromatic N) is 2. The molecule has 3 rings (SSSR count). The minimum Gasteiger partial charge on any atom is -0.371 e. The number of hydrogen-bond donors (Lipinski definition) is 2. The summed E-state index contributed by atoms with van der Waals surface area (Å²) in [5.74, 6) is 0. The highest BCUT2D eigenvalue weighted by atomic mass is 16.2. The van der Waals surface area contributed by atoms with Gasteiger partial charge in [-0.25, -0.2) is 4.79 Å². The highest BCUT2D eigenvalue weighted by Gasteiger charge is 2.20. The molecule has 1 fully saturated rings. The fourth-order valence-corrected chi connectivity index (χ4v) is 3.54. The fourth-order valence-electron chi connectivity index (χ4n) is 3.54. The lowest BCUT2D eigenvalue weighted by atomic mass is 10.0. The molecule has 2 amide bonds. The molecule has 5 heteroatoms. The molecule has 0 aliphatic carbocycles. The molecule has 0 aromatic heterocycles. The predicted octanol–water partition coefficient (Wildman–Crippen LogP) is 3.22. The fraction of sp³-hybridized carbons (Fsp3) is 0.409. The van der Waals surface area contributed by atoms with E-state index in [9.17, 15) is 4.79 Å². The summed E-state index contributed by atoms with van der Waals surface area (Å²) in [6.07, 6.45) is 1.95. The lowest BCUT2D eigenvalue weighted by molar-refractivity contribution is 0.234. The smallest absolute Gasteiger partial charge is 0.315 e. The van der Waals surface area contributed by atoms with Crippen molar-refractivity contribution in [3.05, 3.63) is 65.7 Å². The molecule has 0 bridgehead atoms. The highest BCUT2D eigenvalue weighted by molar-refractivity contribution is 5.74. The molecule has 1 saturated heterocycles. The van der Waals surface area contributed by atoms with Crippen LogP contribution in [0.4, 0.5) is 10.5 Å². The summed E-state index contributed by atoms with van der Waals surface area (Å²) in [4.78, 5) is 16.8. The first-order valence-corrected chi connectivity index (χ1v) is 9.67. The van der Waals surface area contributed by atoms with Crippen LogP contribution in [0.2, 0.25) is 0 Å². The molecule has 1 aliphatic rings. The minimum atomic E-state index is -0.0776. The normalized spacial score (nSPS) is 15.0. The van der Waals surface area contributed by atoms with Gasteiger partial charge in [0, 0.05) is 37.9 Å². The van der Waals surface area contributed by atoms with E-state index >= 15 is 0 Å². The van der Waals surface area contributed by atoms with Crippen molar-refractivity contribution in [2.45, 2.75) is 32.0 Å². The maximum absolute atomic E-state index is 12.3. The van der Waals surface area contributed by atoms with Gasteiger partial charge in [0.05, 0.1) is 0 Å². The van der Waals surface area contributed by atoms with Crippen LogP contribution < -0.4 is 15.5 Å². The summed E-state index contributed by atoms with van der Waals surface area (Å²) in [6.45, 7) is 3.40. The zero-order valence-electron chi connectivity index (χ0n) is 16.3. The van der Waals surface area contributed by atoms with Crippen LogP contribution in [-0.2, 0) is 13.1 Å². The van der Waals surface area contributed by atoms with Gasteiger partial charge in [-0.05, 0) is 50.2 Å². The van der Waals surface area contributed by atoms with Crippen LogP contribution in [0.15, 0.2) is 54.6 Å². The van der Waals surface area contributed by atoms with Crippen molar-refractivity contribution < 1.29 is 4.79 Å². The number of amides is 2. The largest absolute Gasteiger partial charge is 0.371 e. The van der Waals surface area contributed by atoms with Gasteiger partial charge in [0.25, 0.3) is 0 Å². The van der Waals surface area contributed by atoms with Gasteiger partial charge in [-0.1, -0.05) is 42.5 Å². The Kier molecular flexibility index (Phi) is 6.71. The van der Waals surface area contributed by atoms with Crippen molar-refractivity contribution in [1.82, 2.24) is 15.5 Å². The van der Waals surface area contributed by atoms with E-state index in [0.717, 1.165) is 38.0 Å². The Bertz CT molecular complexity index is 724. The van der Waals surface area contributed by atoms with E-state index in [2.05, 4.69) is 77.0 Å². The molecule has 5 nitrogen and oxygen atoms in total. The average Bonchev–Trinajstić information content (AvgIpc) is 2.67. The Labute approximate surface area is 162 Å². The Hall–Kier alpha value is -2.53. The molecule has 27 heavy (non-hydrogen) atoms. The minimum absolute atomic E-state index is 0.0776. The van der Waals surface area contributed by atoms with Crippen molar-refractivity contribution in [2.24, 2.45) is 0 Å². The molecule has 0 atom stereocenters. The van der Waals surface area contributed by atoms with Crippen molar-refractivity contribution in [1.29, 1.82) is 0 Å². The van der Waals surface area contributed by atoms with E-state index in [4.69, 9.17) is 0 Å². The number of piperidine rings is 1. The van der Waals surface area contributed by atoms with E-state index in [0.29, 0.717) is 6.54 Å². The lowest BCUT2D eigenvalue weighted by Gasteiger charge is -2.34. The Morgan fingerprint density at radius 2 is 1.74 bits per heavy atom. The molecule has 2 N–H and O–H groups in total. The highest BCUT2D eigenvalue weighted by Crippen LogP contribution is 2.19. The van der Waals surface area contributed by atoms with E-state index in [1.54, 1.807) is 0 Å². The van der Waals surface area contributed by atoms with E-state index in [1.165, 1.54) is 11.3 Å². The summed E-state index contributed by atoms with van der Waals surface area (Å²) in [7, 11) is 4.11. The number of rotatable bonds is 6. The standard InChI is InChI=1S/C22H30N4O/c1-25(2)17-19-8-6-7-18(15-19)16-23-22(27)24-20-11-13-26(14-12-20)21-9-4-3-5-10-21/h3-10,15,20H,11-14,16-17H2,1-2H3,(H2,23,24,27).